The maximum atomic E-state index is 13.4. The number of methoxy groups -OCH3 is 1. The minimum absolute atomic E-state index is 0.0711. The van der Waals surface area contributed by atoms with Gasteiger partial charge in [-0.1, -0.05) is 60.7 Å². The van der Waals surface area contributed by atoms with Crippen molar-refractivity contribution in [3.8, 4) is 11.1 Å². The molecule has 4 aromatic carbocycles. The molecule has 1 saturated heterocycles. The molecular formula is C37H36F3N3O4. The first-order valence-corrected chi connectivity index (χ1v) is 15.4. The van der Waals surface area contributed by atoms with Crippen LogP contribution in [0.2, 0.25) is 0 Å². The Balaban J connectivity index is 1.23. The van der Waals surface area contributed by atoms with Gasteiger partial charge >= 0.3 is 12.1 Å². The quantitative estimate of drug-likeness (QED) is 0.187. The third-order valence-electron chi connectivity index (χ3n) is 8.55. The lowest BCUT2D eigenvalue weighted by Crippen LogP contribution is -2.45. The molecule has 244 valence electrons. The van der Waals surface area contributed by atoms with Gasteiger partial charge in [-0.25, -0.2) is 4.79 Å². The highest BCUT2D eigenvalue weighted by atomic mass is 19.4. The normalized spacial score (nSPS) is 15.0. The van der Waals surface area contributed by atoms with Crippen LogP contribution in [0.1, 0.15) is 47.2 Å². The summed E-state index contributed by atoms with van der Waals surface area (Å²) in [6, 6.07) is 27.9. The van der Waals surface area contributed by atoms with Gasteiger partial charge < -0.3 is 20.3 Å². The lowest BCUT2D eigenvalue weighted by Gasteiger charge is -2.37. The van der Waals surface area contributed by atoms with E-state index in [-0.39, 0.29) is 17.7 Å². The van der Waals surface area contributed by atoms with Crippen molar-refractivity contribution in [1.29, 1.82) is 0 Å². The number of nitrogens with one attached hydrogen (secondary N) is 2. The molecule has 0 aromatic heterocycles. The smallest absolute Gasteiger partial charge is 0.416 e. The zero-order valence-electron chi connectivity index (χ0n) is 26.1. The summed E-state index contributed by atoms with van der Waals surface area (Å²) in [4.78, 5) is 40.8. The highest BCUT2D eigenvalue weighted by Crippen LogP contribution is 2.35. The summed E-state index contributed by atoms with van der Waals surface area (Å²) in [5, 5.41) is 5.72. The number of rotatable bonds is 9. The number of alkyl halides is 3. The predicted octanol–water partition coefficient (Wildman–Crippen LogP) is 7.30. The van der Waals surface area contributed by atoms with Crippen LogP contribution in [0.3, 0.4) is 0 Å². The van der Waals surface area contributed by atoms with Crippen LogP contribution in [0, 0.1) is 5.92 Å². The molecule has 0 spiro atoms. The fraction of sp³-hybridized carbons (Fsp3) is 0.270. The number of piperidine rings is 1. The lowest BCUT2D eigenvalue weighted by atomic mass is 9.79. The van der Waals surface area contributed by atoms with Crippen molar-refractivity contribution in [2.45, 2.75) is 37.9 Å². The maximum absolute atomic E-state index is 13.4. The Hall–Kier alpha value is -5.12. The first kappa shape index (κ1) is 33.2. The number of carbonyl (C=O) groups is 3. The average Bonchev–Trinajstić information content (AvgIpc) is 3.09. The highest BCUT2D eigenvalue weighted by molar-refractivity contribution is 6.08. The van der Waals surface area contributed by atoms with Gasteiger partial charge in [0.15, 0.2) is 0 Å². The number of amides is 2. The van der Waals surface area contributed by atoms with Crippen LogP contribution in [-0.2, 0) is 20.5 Å². The van der Waals surface area contributed by atoms with Crippen LogP contribution >= 0.6 is 0 Å². The second kappa shape index (κ2) is 14.5. The third kappa shape index (κ3) is 8.00. The van der Waals surface area contributed by atoms with Gasteiger partial charge in [-0.2, -0.15) is 13.2 Å². The summed E-state index contributed by atoms with van der Waals surface area (Å²) >= 11 is 0. The highest BCUT2D eigenvalue weighted by Gasteiger charge is 2.34. The van der Waals surface area contributed by atoms with E-state index < -0.39 is 29.7 Å². The van der Waals surface area contributed by atoms with E-state index in [0.29, 0.717) is 22.4 Å². The molecule has 4 aromatic rings. The van der Waals surface area contributed by atoms with Crippen LogP contribution < -0.4 is 15.5 Å². The summed E-state index contributed by atoms with van der Waals surface area (Å²) in [7, 11) is 1.29. The van der Waals surface area contributed by atoms with Crippen LogP contribution in [0.15, 0.2) is 103 Å². The number of anilines is 2. The van der Waals surface area contributed by atoms with Gasteiger partial charge in [0.2, 0.25) is 5.91 Å². The largest absolute Gasteiger partial charge is 0.467 e. The molecule has 5 rings (SSSR count). The van der Waals surface area contributed by atoms with Gasteiger partial charge in [-0.15, -0.1) is 0 Å². The zero-order valence-corrected chi connectivity index (χ0v) is 26.1. The first-order chi connectivity index (χ1) is 22.5. The summed E-state index contributed by atoms with van der Waals surface area (Å²) in [6.45, 7) is 3.05. The molecule has 0 aliphatic carbocycles. The van der Waals surface area contributed by atoms with Gasteiger partial charge in [0.1, 0.15) is 6.04 Å². The number of nitrogens with zero attached hydrogens (tertiary/aromatic N) is 1. The predicted molar refractivity (Wildman–Crippen MR) is 175 cm³/mol. The summed E-state index contributed by atoms with van der Waals surface area (Å²) in [6.07, 6.45) is -2.91. The Labute approximate surface area is 271 Å². The third-order valence-corrected chi connectivity index (χ3v) is 8.55. The maximum Gasteiger partial charge on any atom is 0.416 e. The molecule has 1 aliphatic heterocycles. The van der Waals surface area contributed by atoms with Crippen LogP contribution in [0.25, 0.3) is 11.1 Å². The van der Waals surface area contributed by atoms with E-state index in [9.17, 15) is 27.6 Å². The van der Waals surface area contributed by atoms with Crippen LogP contribution in [0.5, 0.6) is 0 Å². The Morgan fingerprint density at radius 1 is 0.830 bits per heavy atom. The molecule has 2 atom stereocenters. The van der Waals surface area contributed by atoms with Gasteiger partial charge in [-0.05, 0) is 84.8 Å². The van der Waals surface area contributed by atoms with Gasteiger partial charge in [-0.3, -0.25) is 9.59 Å². The molecule has 2 amide bonds. The SMILES string of the molecule is COC(=O)C(C)NC(=O)C(c1ccccc1)C1CCN(c2ccc(NC(=O)c3ccccc3-c3ccc(C(F)(F)F)cc3)cc2)CC1. The van der Waals surface area contributed by atoms with E-state index in [0.717, 1.165) is 49.3 Å². The molecule has 0 saturated carbocycles. The summed E-state index contributed by atoms with van der Waals surface area (Å²) < 4.78 is 43.9. The zero-order chi connectivity index (χ0) is 33.6. The van der Waals surface area contributed by atoms with Crippen molar-refractivity contribution in [3.05, 3.63) is 120 Å². The van der Waals surface area contributed by atoms with Crippen molar-refractivity contribution in [1.82, 2.24) is 5.32 Å². The van der Waals surface area contributed by atoms with Crippen molar-refractivity contribution < 1.29 is 32.3 Å². The number of ether oxygens (including phenoxy) is 1. The molecule has 0 radical (unpaired) electrons. The number of benzene rings is 4. The van der Waals surface area contributed by atoms with E-state index in [1.54, 1.807) is 31.2 Å². The molecule has 10 heteroatoms. The summed E-state index contributed by atoms with van der Waals surface area (Å²) in [5.41, 5.74) is 3.09. The Morgan fingerprint density at radius 3 is 2.06 bits per heavy atom. The number of esters is 1. The van der Waals surface area contributed by atoms with E-state index in [1.165, 1.54) is 19.2 Å². The number of hydrogen-bond acceptors (Lipinski definition) is 5. The molecule has 47 heavy (non-hydrogen) atoms. The number of halogens is 3. The van der Waals surface area contributed by atoms with E-state index in [4.69, 9.17) is 4.74 Å². The fourth-order valence-electron chi connectivity index (χ4n) is 6.05. The molecule has 1 fully saturated rings. The van der Waals surface area contributed by atoms with Crippen LogP contribution in [0.4, 0.5) is 24.5 Å². The molecule has 0 bridgehead atoms. The monoisotopic (exact) mass is 643 g/mol. The van der Waals surface area contributed by atoms with Crippen molar-refractivity contribution in [2.75, 3.05) is 30.4 Å². The minimum atomic E-state index is -4.44. The Kier molecular flexibility index (Phi) is 10.3. The molecule has 7 nitrogen and oxygen atoms in total. The molecule has 2 N–H and O–H groups in total. The second-order valence-electron chi connectivity index (χ2n) is 11.6. The number of carbonyl (C=O) groups excluding carboxylic acids is 3. The molecular weight excluding hydrogens is 607 g/mol. The second-order valence-corrected chi connectivity index (χ2v) is 11.6. The number of hydrogen-bond donors (Lipinski definition) is 2. The van der Waals surface area contributed by atoms with Crippen molar-refractivity contribution >= 4 is 29.2 Å². The van der Waals surface area contributed by atoms with E-state index in [1.807, 2.05) is 54.6 Å². The first-order valence-electron chi connectivity index (χ1n) is 15.4. The van der Waals surface area contributed by atoms with Gasteiger partial charge in [0.25, 0.3) is 5.91 Å². The van der Waals surface area contributed by atoms with E-state index in [2.05, 4.69) is 15.5 Å². The van der Waals surface area contributed by atoms with Crippen molar-refractivity contribution in [2.24, 2.45) is 5.92 Å². The average molecular weight is 644 g/mol. The Bertz CT molecular complexity index is 1680. The van der Waals surface area contributed by atoms with Crippen LogP contribution in [-0.4, -0.2) is 44.0 Å². The molecule has 1 heterocycles. The summed E-state index contributed by atoms with van der Waals surface area (Å²) in [5.74, 6) is -1.41. The van der Waals surface area contributed by atoms with E-state index >= 15 is 0 Å². The van der Waals surface area contributed by atoms with Gasteiger partial charge in [0, 0.05) is 30.0 Å². The van der Waals surface area contributed by atoms with Crippen molar-refractivity contribution in [3.63, 3.8) is 0 Å². The lowest BCUT2D eigenvalue weighted by molar-refractivity contribution is -0.144. The molecule has 1 aliphatic rings. The molecule has 2 unspecified atom stereocenters. The topological polar surface area (TPSA) is 87.7 Å². The standard InChI is InChI=1S/C37H36F3N3O4/c1-24(36(46)47-2)41-35(45)33(26-8-4-3-5-9-26)27-20-22-43(23-21-27)30-18-16-29(17-19-30)42-34(44)32-11-7-6-10-31(32)25-12-14-28(15-13-25)37(38,39)40/h3-19,24,27,33H,20-23H2,1-2H3,(H,41,45)(H,42,44). The Morgan fingerprint density at radius 2 is 1.45 bits per heavy atom. The minimum Gasteiger partial charge on any atom is -0.467 e. The van der Waals surface area contributed by atoms with Gasteiger partial charge in [0.05, 0.1) is 18.6 Å². The fourth-order valence-corrected chi connectivity index (χ4v) is 6.05.